The summed E-state index contributed by atoms with van der Waals surface area (Å²) >= 11 is 0. The maximum absolute atomic E-state index is 13.2. The lowest BCUT2D eigenvalue weighted by Crippen LogP contribution is -2.21. The third-order valence-corrected chi connectivity index (χ3v) is 5.80. The van der Waals surface area contributed by atoms with Crippen LogP contribution in [0.15, 0.2) is 82.8 Å². The van der Waals surface area contributed by atoms with E-state index in [1.165, 1.54) is 23.8 Å². The van der Waals surface area contributed by atoms with Crippen LogP contribution in [0.1, 0.15) is 5.69 Å². The Hall–Kier alpha value is -3.19. The molecule has 0 radical (unpaired) electrons. The predicted octanol–water partition coefficient (Wildman–Crippen LogP) is 3.18. The molecule has 0 saturated carbocycles. The topological polar surface area (TPSA) is 78.3 Å². The van der Waals surface area contributed by atoms with E-state index in [-0.39, 0.29) is 10.8 Å². The van der Waals surface area contributed by atoms with Gasteiger partial charge in [-0.05, 0) is 37.3 Å². The molecule has 0 aliphatic carbocycles. The summed E-state index contributed by atoms with van der Waals surface area (Å²) in [4.78, 5) is 17.1. The molecule has 0 aliphatic heterocycles. The van der Waals surface area contributed by atoms with Crippen molar-refractivity contribution in [3.63, 3.8) is 0 Å². The number of para-hydroxylation sites is 1. The molecule has 0 saturated heterocycles. The van der Waals surface area contributed by atoms with E-state index in [0.717, 1.165) is 6.07 Å². The molecule has 0 spiro atoms. The first-order chi connectivity index (χ1) is 13.4. The third-order valence-electron chi connectivity index (χ3n) is 4.20. The van der Waals surface area contributed by atoms with Crippen molar-refractivity contribution in [2.75, 3.05) is 12.9 Å². The summed E-state index contributed by atoms with van der Waals surface area (Å²) in [5.74, 6) is -0.182. The number of allylic oxidation sites excluding steroid dienone is 2. The highest BCUT2D eigenvalue weighted by molar-refractivity contribution is 7.91. The average Bonchev–Trinajstić information content (AvgIpc) is 2.67. The predicted molar refractivity (Wildman–Crippen MR) is 109 cm³/mol. The second-order valence-electron chi connectivity index (χ2n) is 6.17. The van der Waals surface area contributed by atoms with Crippen LogP contribution >= 0.6 is 0 Å². The van der Waals surface area contributed by atoms with Crippen molar-refractivity contribution < 1.29 is 13.2 Å². The zero-order valence-corrected chi connectivity index (χ0v) is 16.4. The number of aromatic nitrogens is 2. The Bertz CT molecular complexity index is 1230. The number of rotatable bonds is 6. The monoisotopic (exact) mass is 396 g/mol. The molecular formula is C21H20N2O4S. The number of sulfone groups is 1. The van der Waals surface area contributed by atoms with E-state index in [0.29, 0.717) is 22.4 Å². The second-order valence-corrected chi connectivity index (χ2v) is 8.11. The molecule has 144 valence electrons. The molecule has 0 unspecified atom stereocenters. The van der Waals surface area contributed by atoms with E-state index in [1.54, 1.807) is 43.3 Å². The number of hydrogen-bond donors (Lipinski definition) is 0. The summed E-state index contributed by atoms with van der Waals surface area (Å²) in [6, 6.07) is 13.5. The van der Waals surface area contributed by atoms with Crippen molar-refractivity contribution in [2.24, 2.45) is 0 Å². The van der Waals surface area contributed by atoms with Crippen LogP contribution in [0.2, 0.25) is 0 Å². The van der Waals surface area contributed by atoms with Gasteiger partial charge in [0.25, 0.3) is 0 Å². The van der Waals surface area contributed by atoms with Crippen LogP contribution in [0.5, 0.6) is 0 Å². The first kappa shape index (κ1) is 19.6. The normalized spacial score (nSPS) is 12.1. The van der Waals surface area contributed by atoms with Crippen LogP contribution in [-0.4, -0.2) is 30.8 Å². The van der Waals surface area contributed by atoms with Gasteiger partial charge in [-0.1, -0.05) is 30.9 Å². The minimum atomic E-state index is -3.92. The lowest BCUT2D eigenvalue weighted by atomic mass is 10.2. The molecule has 0 fully saturated rings. The van der Waals surface area contributed by atoms with Crippen molar-refractivity contribution in [1.82, 2.24) is 9.55 Å². The Balaban J connectivity index is 2.38. The lowest BCUT2D eigenvalue weighted by molar-refractivity contribution is 0.294. The highest BCUT2D eigenvalue weighted by atomic mass is 32.2. The van der Waals surface area contributed by atoms with Crippen LogP contribution in [0.4, 0.5) is 0 Å². The van der Waals surface area contributed by atoms with Gasteiger partial charge >= 0.3 is 0 Å². The molecule has 3 rings (SSSR count). The van der Waals surface area contributed by atoms with Crippen LogP contribution in [0.25, 0.3) is 16.7 Å². The van der Waals surface area contributed by atoms with Crippen molar-refractivity contribution >= 4 is 20.9 Å². The molecule has 0 amide bonds. The molecule has 2 aromatic heterocycles. The van der Waals surface area contributed by atoms with Gasteiger partial charge in [-0.3, -0.25) is 9.36 Å². The molecule has 1 aromatic carbocycles. The van der Waals surface area contributed by atoms with Gasteiger partial charge in [0.15, 0.2) is 5.43 Å². The van der Waals surface area contributed by atoms with Gasteiger partial charge in [0.05, 0.1) is 12.5 Å². The maximum atomic E-state index is 13.2. The van der Waals surface area contributed by atoms with Crippen LogP contribution < -0.4 is 5.43 Å². The van der Waals surface area contributed by atoms with Crippen molar-refractivity contribution in [1.29, 1.82) is 0 Å². The number of ether oxygens (including phenoxy) is 1. The minimum absolute atomic E-state index is 0.138. The highest BCUT2D eigenvalue weighted by Gasteiger charge is 2.24. The average molecular weight is 396 g/mol. The molecule has 0 N–H and O–H groups in total. The van der Waals surface area contributed by atoms with Gasteiger partial charge in [-0.25, -0.2) is 13.4 Å². The van der Waals surface area contributed by atoms with Crippen LogP contribution in [0.3, 0.4) is 0 Å². The van der Waals surface area contributed by atoms with E-state index < -0.39 is 21.0 Å². The van der Waals surface area contributed by atoms with Gasteiger partial charge in [-0.2, -0.15) is 0 Å². The van der Waals surface area contributed by atoms with Crippen LogP contribution in [-0.2, 0) is 14.6 Å². The highest BCUT2D eigenvalue weighted by Crippen LogP contribution is 2.23. The van der Waals surface area contributed by atoms with Gasteiger partial charge in [0, 0.05) is 17.4 Å². The zero-order valence-electron chi connectivity index (χ0n) is 15.6. The zero-order chi connectivity index (χ0) is 20.3. The summed E-state index contributed by atoms with van der Waals surface area (Å²) in [6.07, 6.45) is 2.93. The molecule has 0 aliphatic rings. The Morgan fingerprint density at radius 3 is 2.57 bits per heavy atom. The number of benzene rings is 1. The fourth-order valence-electron chi connectivity index (χ4n) is 2.89. The molecule has 0 atom stereocenters. The molecule has 7 heteroatoms. The van der Waals surface area contributed by atoms with Gasteiger partial charge in [0.2, 0.25) is 9.84 Å². The molecular weight excluding hydrogens is 376 g/mol. The first-order valence-electron chi connectivity index (χ1n) is 8.54. The molecule has 2 heterocycles. The van der Waals surface area contributed by atoms with Crippen molar-refractivity contribution in [3.8, 4) is 5.69 Å². The lowest BCUT2D eigenvalue weighted by Gasteiger charge is -2.17. The third kappa shape index (κ3) is 3.75. The first-order valence-corrected chi connectivity index (χ1v) is 10.2. The number of hydrogen-bond acceptors (Lipinski definition) is 5. The largest absolute Gasteiger partial charge is 0.500 e. The number of pyridine rings is 2. The number of methoxy groups -OCH3 is 1. The minimum Gasteiger partial charge on any atom is -0.500 e. The number of fused-ring (bicyclic) bond motifs is 1. The van der Waals surface area contributed by atoms with Crippen LogP contribution in [0, 0.1) is 6.92 Å². The Labute approximate surface area is 163 Å². The summed E-state index contributed by atoms with van der Waals surface area (Å²) in [6.45, 7) is 5.35. The molecule has 28 heavy (non-hydrogen) atoms. The fourth-order valence-corrected chi connectivity index (χ4v) is 4.38. The molecule has 3 aromatic rings. The van der Waals surface area contributed by atoms with E-state index in [4.69, 9.17) is 4.74 Å². The van der Waals surface area contributed by atoms with Gasteiger partial charge in [-0.15, -0.1) is 0 Å². The maximum Gasteiger partial charge on any atom is 0.201 e. The second kappa shape index (κ2) is 7.82. The Kier molecular flexibility index (Phi) is 5.46. The summed E-state index contributed by atoms with van der Waals surface area (Å²) < 4.78 is 33.1. The van der Waals surface area contributed by atoms with Crippen molar-refractivity contribution in [3.05, 3.63) is 88.9 Å². The SMILES string of the molecule is C=C/C=C(/CS(=O)(=O)c1cc(=O)c2ccc(C)nc2n1-c1ccccc1)OC. The summed E-state index contributed by atoms with van der Waals surface area (Å²) in [5, 5.41) is 0.211. The Morgan fingerprint density at radius 2 is 1.93 bits per heavy atom. The Morgan fingerprint density at radius 1 is 1.21 bits per heavy atom. The van der Waals surface area contributed by atoms with Crippen molar-refractivity contribution in [2.45, 2.75) is 11.9 Å². The van der Waals surface area contributed by atoms with Gasteiger partial charge in [0.1, 0.15) is 22.2 Å². The van der Waals surface area contributed by atoms with E-state index in [1.807, 2.05) is 6.07 Å². The number of aryl methyl sites for hydroxylation is 1. The van der Waals surface area contributed by atoms with Gasteiger partial charge < -0.3 is 4.74 Å². The van der Waals surface area contributed by atoms with E-state index in [9.17, 15) is 13.2 Å². The molecule has 6 nitrogen and oxygen atoms in total. The standard InChI is InChI=1S/C21H20N2O4S/c1-4-8-17(27-3)14-28(25,26)20-13-19(24)18-12-11-15(2)22-21(18)23(20)16-9-6-5-7-10-16/h4-13H,1,14H2,2-3H3/b17-8-. The molecule has 0 bridgehead atoms. The van der Waals surface area contributed by atoms with E-state index in [2.05, 4.69) is 11.6 Å². The smallest absolute Gasteiger partial charge is 0.201 e. The summed E-state index contributed by atoms with van der Waals surface area (Å²) in [5.41, 5.74) is 1.16. The fraction of sp³-hybridized carbons (Fsp3) is 0.143. The quantitative estimate of drug-likeness (QED) is 0.472. The van der Waals surface area contributed by atoms with E-state index >= 15 is 0 Å². The number of nitrogens with zero attached hydrogens (tertiary/aromatic N) is 2. The summed E-state index contributed by atoms with van der Waals surface area (Å²) in [7, 11) is -2.53.